The van der Waals surface area contributed by atoms with E-state index in [4.69, 9.17) is 16.7 Å². The maximum atomic E-state index is 12.9. The maximum absolute atomic E-state index is 12.9. The minimum Gasteiger partial charge on any atom is -0.478 e. The molecule has 2 aromatic carbocycles. The molecule has 0 spiro atoms. The predicted molar refractivity (Wildman–Crippen MR) is 72.8 cm³/mol. The molecule has 5 heteroatoms. The van der Waals surface area contributed by atoms with E-state index in [1.54, 1.807) is 18.2 Å². The topological polar surface area (TPSA) is 54.4 Å². The third kappa shape index (κ3) is 3.03. The van der Waals surface area contributed by atoms with Crippen LogP contribution < -0.4 is 0 Å². The Hall–Kier alpha value is -2.20. The Morgan fingerprint density at radius 2 is 1.80 bits per heavy atom. The Balaban J connectivity index is 2.30. The van der Waals surface area contributed by atoms with E-state index < -0.39 is 11.8 Å². The van der Waals surface area contributed by atoms with Crippen molar-refractivity contribution in [3.05, 3.63) is 70.0 Å². The summed E-state index contributed by atoms with van der Waals surface area (Å²) in [4.78, 5) is 23.2. The molecule has 2 aromatic rings. The molecule has 0 amide bonds. The fourth-order valence-corrected chi connectivity index (χ4v) is 2.14. The molecule has 0 saturated heterocycles. The van der Waals surface area contributed by atoms with Gasteiger partial charge in [-0.05, 0) is 29.8 Å². The van der Waals surface area contributed by atoms with Crippen LogP contribution in [0.5, 0.6) is 0 Å². The van der Waals surface area contributed by atoms with Gasteiger partial charge in [0.2, 0.25) is 0 Å². The summed E-state index contributed by atoms with van der Waals surface area (Å²) < 4.78 is 12.9. The smallest absolute Gasteiger partial charge is 0.335 e. The van der Waals surface area contributed by atoms with Crippen molar-refractivity contribution in [3.8, 4) is 0 Å². The van der Waals surface area contributed by atoms with Crippen LogP contribution in [-0.4, -0.2) is 16.9 Å². The van der Waals surface area contributed by atoms with E-state index in [2.05, 4.69) is 0 Å². The highest BCUT2D eigenvalue weighted by molar-refractivity contribution is 6.34. The molecule has 0 aromatic heterocycles. The number of carbonyl (C=O) groups excluding carboxylic acids is 1. The molecule has 0 saturated carbocycles. The number of benzene rings is 2. The van der Waals surface area contributed by atoms with Gasteiger partial charge in [-0.1, -0.05) is 29.8 Å². The second kappa shape index (κ2) is 5.84. The number of carboxylic acids is 1. The molecule has 0 aliphatic heterocycles. The van der Waals surface area contributed by atoms with Gasteiger partial charge in [0.05, 0.1) is 10.6 Å². The first-order chi connectivity index (χ1) is 9.49. The summed E-state index contributed by atoms with van der Waals surface area (Å²) in [5.41, 5.74) is 0.637. The third-order valence-corrected chi connectivity index (χ3v) is 3.14. The first-order valence-electron chi connectivity index (χ1n) is 5.78. The Bertz CT molecular complexity index is 683. The lowest BCUT2D eigenvalue weighted by atomic mass is 9.99. The van der Waals surface area contributed by atoms with Crippen LogP contribution in [0.2, 0.25) is 5.02 Å². The third-order valence-electron chi connectivity index (χ3n) is 2.83. The zero-order valence-corrected chi connectivity index (χ0v) is 11.0. The average molecular weight is 293 g/mol. The van der Waals surface area contributed by atoms with Crippen LogP contribution in [0.1, 0.15) is 26.3 Å². The van der Waals surface area contributed by atoms with Crippen molar-refractivity contribution in [1.29, 1.82) is 0 Å². The Morgan fingerprint density at radius 3 is 2.45 bits per heavy atom. The normalized spacial score (nSPS) is 10.3. The Labute approximate surface area is 119 Å². The molecule has 0 fully saturated rings. The van der Waals surface area contributed by atoms with Gasteiger partial charge in [0.25, 0.3) is 0 Å². The summed E-state index contributed by atoms with van der Waals surface area (Å²) in [6, 6.07) is 9.73. The molecule has 2 rings (SSSR count). The summed E-state index contributed by atoms with van der Waals surface area (Å²) in [6.07, 6.45) is -0.103. The van der Waals surface area contributed by atoms with Gasteiger partial charge < -0.3 is 5.11 Å². The van der Waals surface area contributed by atoms with Gasteiger partial charge >= 0.3 is 5.97 Å². The van der Waals surface area contributed by atoms with Crippen LogP contribution in [0.15, 0.2) is 42.5 Å². The van der Waals surface area contributed by atoms with Crippen molar-refractivity contribution >= 4 is 23.4 Å². The Kier molecular flexibility index (Phi) is 4.15. The van der Waals surface area contributed by atoms with Gasteiger partial charge in [0.15, 0.2) is 5.78 Å². The molecule has 102 valence electrons. The first-order valence-corrected chi connectivity index (χ1v) is 6.16. The minimum atomic E-state index is -1.10. The van der Waals surface area contributed by atoms with Crippen molar-refractivity contribution in [2.45, 2.75) is 6.42 Å². The van der Waals surface area contributed by atoms with E-state index in [0.29, 0.717) is 5.56 Å². The standard InChI is InChI=1S/C15H10ClFO3/c16-13-8-10(17)5-6-12(13)14(18)7-9-3-1-2-4-11(9)15(19)20/h1-6,8H,7H2,(H,19,20). The number of halogens is 2. The fraction of sp³-hybridized carbons (Fsp3) is 0.0667. The van der Waals surface area contributed by atoms with Gasteiger partial charge in [0.1, 0.15) is 5.82 Å². The summed E-state index contributed by atoms with van der Waals surface area (Å²) in [5.74, 6) is -1.99. The number of hydrogen-bond acceptors (Lipinski definition) is 2. The monoisotopic (exact) mass is 292 g/mol. The van der Waals surface area contributed by atoms with Crippen LogP contribution in [0.4, 0.5) is 4.39 Å². The van der Waals surface area contributed by atoms with Crippen LogP contribution in [0, 0.1) is 5.82 Å². The molecule has 20 heavy (non-hydrogen) atoms. The number of ketones is 1. The van der Waals surface area contributed by atoms with Gasteiger partial charge in [-0.3, -0.25) is 4.79 Å². The van der Waals surface area contributed by atoms with Crippen LogP contribution in [0.3, 0.4) is 0 Å². The van der Waals surface area contributed by atoms with E-state index in [9.17, 15) is 14.0 Å². The number of aromatic carboxylic acids is 1. The summed E-state index contributed by atoms with van der Waals surface area (Å²) in [5, 5.41) is 9.07. The predicted octanol–water partition coefficient (Wildman–Crippen LogP) is 3.60. The van der Waals surface area contributed by atoms with Gasteiger partial charge in [-0.25, -0.2) is 9.18 Å². The zero-order chi connectivity index (χ0) is 14.7. The molecule has 1 N–H and O–H groups in total. The second-order valence-corrected chi connectivity index (χ2v) is 4.59. The van der Waals surface area contributed by atoms with Gasteiger partial charge in [0, 0.05) is 12.0 Å². The molecular weight excluding hydrogens is 283 g/mol. The first kappa shape index (κ1) is 14.2. The molecule has 0 radical (unpaired) electrons. The van der Waals surface area contributed by atoms with E-state index >= 15 is 0 Å². The highest BCUT2D eigenvalue weighted by Gasteiger charge is 2.16. The SMILES string of the molecule is O=C(Cc1ccccc1C(=O)O)c1ccc(F)cc1Cl. The van der Waals surface area contributed by atoms with Gasteiger partial charge in [-0.15, -0.1) is 0 Å². The number of hydrogen-bond donors (Lipinski definition) is 1. The molecule has 0 heterocycles. The second-order valence-electron chi connectivity index (χ2n) is 4.19. The largest absolute Gasteiger partial charge is 0.478 e. The lowest BCUT2D eigenvalue weighted by Gasteiger charge is -2.06. The molecule has 0 aliphatic carbocycles. The molecule has 3 nitrogen and oxygen atoms in total. The van der Waals surface area contributed by atoms with Crippen molar-refractivity contribution in [2.75, 3.05) is 0 Å². The van der Waals surface area contributed by atoms with Crippen LogP contribution in [0.25, 0.3) is 0 Å². The quantitative estimate of drug-likeness (QED) is 0.876. The molecule has 0 atom stereocenters. The highest BCUT2D eigenvalue weighted by atomic mass is 35.5. The lowest BCUT2D eigenvalue weighted by molar-refractivity contribution is 0.0696. The van der Waals surface area contributed by atoms with Crippen molar-refractivity contribution in [3.63, 3.8) is 0 Å². The van der Waals surface area contributed by atoms with Gasteiger partial charge in [-0.2, -0.15) is 0 Å². The maximum Gasteiger partial charge on any atom is 0.335 e. The van der Waals surface area contributed by atoms with E-state index in [0.717, 1.165) is 12.1 Å². The molecule has 0 bridgehead atoms. The highest BCUT2D eigenvalue weighted by Crippen LogP contribution is 2.20. The van der Waals surface area contributed by atoms with Crippen LogP contribution in [-0.2, 0) is 6.42 Å². The van der Waals surface area contributed by atoms with Crippen LogP contribution >= 0.6 is 11.6 Å². The van der Waals surface area contributed by atoms with Crippen molar-refractivity contribution < 1.29 is 19.1 Å². The van der Waals surface area contributed by atoms with Crippen molar-refractivity contribution in [1.82, 2.24) is 0 Å². The summed E-state index contributed by atoms with van der Waals surface area (Å²) in [6.45, 7) is 0. The average Bonchev–Trinajstić information content (AvgIpc) is 2.38. The summed E-state index contributed by atoms with van der Waals surface area (Å²) >= 11 is 5.82. The molecule has 0 aliphatic rings. The fourth-order valence-electron chi connectivity index (χ4n) is 1.87. The van der Waals surface area contributed by atoms with Crippen molar-refractivity contribution in [2.24, 2.45) is 0 Å². The number of Topliss-reactive ketones (excluding diaryl/α,β-unsaturated/α-hetero) is 1. The zero-order valence-electron chi connectivity index (χ0n) is 10.3. The van der Waals surface area contributed by atoms with E-state index in [-0.39, 0.29) is 28.4 Å². The minimum absolute atomic E-state index is 0.0165. The number of rotatable bonds is 4. The molecule has 0 unspecified atom stereocenters. The number of carbonyl (C=O) groups is 2. The summed E-state index contributed by atoms with van der Waals surface area (Å²) in [7, 11) is 0. The Morgan fingerprint density at radius 1 is 1.10 bits per heavy atom. The van der Waals surface area contributed by atoms with E-state index in [1.807, 2.05) is 0 Å². The molecular formula is C15H10ClFO3. The lowest BCUT2D eigenvalue weighted by Crippen LogP contribution is -2.09. The number of carboxylic acid groups (broad SMARTS) is 1. The van der Waals surface area contributed by atoms with E-state index in [1.165, 1.54) is 12.1 Å².